The third-order valence-electron chi connectivity index (χ3n) is 1.88. The van der Waals surface area contributed by atoms with Gasteiger partial charge < -0.3 is 9.47 Å². The first-order valence-electron chi connectivity index (χ1n) is 4.34. The van der Waals surface area contributed by atoms with Crippen molar-refractivity contribution in [3.8, 4) is 0 Å². The zero-order valence-electron chi connectivity index (χ0n) is 8.41. The fraction of sp³-hybridized carbons (Fsp3) is 0.333. The Bertz CT molecular complexity index is 459. The Morgan fingerprint density at radius 3 is 2.53 bits per heavy atom. The zero-order valence-corrected chi connectivity index (χ0v) is 8.41. The van der Waals surface area contributed by atoms with Crippen LogP contribution in [0.25, 0.3) is 11.2 Å². The van der Waals surface area contributed by atoms with E-state index in [1.807, 2.05) is 0 Å². The molecule has 0 fully saturated rings. The van der Waals surface area contributed by atoms with Gasteiger partial charge in [0.1, 0.15) is 5.52 Å². The van der Waals surface area contributed by atoms with Gasteiger partial charge in [-0.15, -0.1) is 0 Å². The first kappa shape index (κ1) is 9.88. The molecule has 2 rings (SSSR count). The fourth-order valence-corrected chi connectivity index (χ4v) is 1.20. The van der Waals surface area contributed by atoms with E-state index in [4.69, 9.17) is 9.47 Å². The molecule has 2 heterocycles. The van der Waals surface area contributed by atoms with Crippen LogP contribution in [0.15, 0.2) is 18.6 Å². The highest BCUT2D eigenvalue weighted by molar-refractivity contribution is 5.67. The monoisotopic (exact) mass is 206 g/mol. The quantitative estimate of drug-likeness (QED) is 0.689. The maximum absolute atomic E-state index is 5.04. The van der Waals surface area contributed by atoms with Crippen molar-refractivity contribution in [2.45, 2.75) is 6.29 Å². The Kier molecular flexibility index (Phi) is 2.79. The molecule has 0 saturated heterocycles. The number of nitrogens with zero attached hydrogens (tertiary/aromatic N) is 4. The van der Waals surface area contributed by atoms with Crippen molar-refractivity contribution in [3.05, 3.63) is 24.4 Å². The van der Waals surface area contributed by atoms with Crippen LogP contribution in [0.1, 0.15) is 12.1 Å². The first-order valence-corrected chi connectivity index (χ1v) is 4.34. The average Bonchev–Trinajstić information content (AvgIpc) is 2.30. The minimum absolute atomic E-state index is 0.438. The van der Waals surface area contributed by atoms with E-state index >= 15 is 0 Å². The largest absolute Gasteiger partial charge is 0.349 e. The second-order valence-corrected chi connectivity index (χ2v) is 2.80. The summed E-state index contributed by atoms with van der Waals surface area (Å²) in [4.78, 5) is 16.4. The van der Waals surface area contributed by atoms with Crippen LogP contribution < -0.4 is 0 Å². The Balaban J connectivity index is 2.46. The summed E-state index contributed by atoms with van der Waals surface area (Å²) >= 11 is 0. The number of hydrogen-bond acceptors (Lipinski definition) is 6. The second-order valence-electron chi connectivity index (χ2n) is 2.80. The normalized spacial score (nSPS) is 11.1. The molecule has 6 nitrogen and oxygen atoms in total. The lowest BCUT2D eigenvalue weighted by Gasteiger charge is -2.10. The smallest absolute Gasteiger partial charge is 0.218 e. The van der Waals surface area contributed by atoms with Crippen molar-refractivity contribution in [1.29, 1.82) is 0 Å². The molecular formula is C9H10N4O2. The molecule has 0 aliphatic rings. The maximum Gasteiger partial charge on any atom is 0.218 e. The highest BCUT2D eigenvalue weighted by Gasteiger charge is 2.13. The van der Waals surface area contributed by atoms with Gasteiger partial charge in [-0.3, -0.25) is 0 Å². The Morgan fingerprint density at radius 1 is 1.07 bits per heavy atom. The highest BCUT2D eigenvalue weighted by atomic mass is 16.7. The third kappa shape index (κ3) is 1.90. The minimum Gasteiger partial charge on any atom is -0.349 e. The van der Waals surface area contributed by atoms with Gasteiger partial charge in [0.25, 0.3) is 0 Å². The second kappa shape index (κ2) is 4.24. The highest BCUT2D eigenvalue weighted by Crippen LogP contribution is 2.13. The number of fused-ring (bicyclic) bond motifs is 1. The van der Waals surface area contributed by atoms with Crippen LogP contribution >= 0.6 is 0 Å². The molecule has 0 bridgehead atoms. The number of rotatable bonds is 3. The van der Waals surface area contributed by atoms with Crippen LogP contribution in [-0.2, 0) is 9.47 Å². The van der Waals surface area contributed by atoms with Gasteiger partial charge >= 0.3 is 0 Å². The molecule has 6 heteroatoms. The molecule has 0 N–H and O–H groups in total. The van der Waals surface area contributed by atoms with E-state index < -0.39 is 6.29 Å². The summed E-state index contributed by atoms with van der Waals surface area (Å²) in [5.74, 6) is 0.438. The van der Waals surface area contributed by atoms with E-state index in [0.717, 1.165) is 0 Å². The lowest BCUT2D eigenvalue weighted by atomic mass is 10.5. The van der Waals surface area contributed by atoms with Gasteiger partial charge in [0.15, 0.2) is 11.5 Å². The minimum atomic E-state index is -0.573. The predicted octanol–water partition coefficient (Wildman–Crippen LogP) is 0.711. The summed E-state index contributed by atoms with van der Waals surface area (Å²) < 4.78 is 10.1. The molecule has 0 radical (unpaired) electrons. The van der Waals surface area contributed by atoms with Gasteiger partial charge in [-0.25, -0.2) is 19.9 Å². The van der Waals surface area contributed by atoms with E-state index in [0.29, 0.717) is 17.0 Å². The molecule has 2 aromatic rings. The van der Waals surface area contributed by atoms with Gasteiger partial charge in [0.2, 0.25) is 6.29 Å². The predicted molar refractivity (Wildman–Crippen MR) is 51.9 cm³/mol. The van der Waals surface area contributed by atoms with Crippen molar-refractivity contribution < 1.29 is 9.47 Å². The summed E-state index contributed by atoms with van der Waals surface area (Å²) in [6.45, 7) is 0. The molecule has 15 heavy (non-hydrogen) atoms. The van der Waals surface area contributed by atoms with Crippen molar-refractivity contribution in [3.63, 3.8) is 0 Å². The average molecular weight is 206 g/mol. The van der Waals surface area contributed by atoms with Crippen LogP contribution in [-0.4, -0.2) is 34.2 Å². The molecule has 0 aliphatic heterocycles. The van der Waals surface area contributed by atoms with E-state index in [2.05, 4.69) is 19.9 Å². The van der Waals surface area contributed by atoms with Crippen molar-refractivity contribution in [2.75, 3.05) is 14.2 Å². The van der Waals surface area contributed by atoms with E-state index in [1.165, 1.54) is 14.2 Å². The third-order valence-corrected chi connectivity index (χ3v) is 1.88. The molecular weight excluding hydrogens is 196 g/mol. The van der Waals surface area contributed by atoms with Gasteiger partial charge in [0, 0.05) is 26.6 Å². The van der Waals surface area contributed by atoms with Crippen LogP contribution in [0.4, 0.5) is 0 Å². The van der Waals surface area contributed by atoms with Crippen LogP contribution in [0.3, 0.4) is 0 Å². The number of ether oxygens (including phenoxy) is 2. The van der Waals surface area contributed by atoms with Crippen LogP contribution in [0, 0.1) is 0 Å². The van der Waals surface area contributed by atoms with Crippen LogP contribution in [0.5, 0.6) is 0 Å². The molecule has 78 valence electrons. The zero-order chi connectivity index (χ0) is 10.7. The lowest BCUT2D eigenvalue weighted by Crippen LogP contribution is -2.09. The van der Waals surface area contributed by atoms with Gasteiger partial charge in [-0.1, -0.05) is 0 Å². The maximum atomic E-state index is 5.04. The number of methoxy groups -OCH3 is 2. The standard InChI is InChI=1S/C9H10N4O2/c1-14-9(15-2)8-12-5-6-7(13-8)11-4-3-10-6/h3-5,9H,1-2H3. The lowest BCUT2D eigenvalue weighted by molar-refractivity contribution is -0.111. The molecule has 0 amide bonds. The molecule has 0 saturated carbocycles. The topological polar surface area (TPSA) is 70.0 Å². The van der Waals surface area contributed by atoms with Gasteiger partial charge in [-0.05, 0) is 0 Å². The summed E-state index contributed by atoms with van der Waals surface area (Å²) in [6.07, 6.45) is 4.19. The summed E-state index contributed by atoms with van der Waals surface area (Å²) in [6, 6.07) is 0. The number of hydrogen-bond donors (Lipinski definition) is 0. The summed E-state index contributed by atoms with van der Waals surface area (Å²) in [5.41, 5.74) is 1.17. The Hall–Kier alpha value is -1.66. The molecule has 0 spiro atoms. The van der Waals surface area contributed by atoms with Crippen LogP contribution in [0.2, 0.25) is 0 Å². The van der Waals surface area contributed by atoms with E-state index in [9.17, 15) is 0 Å². The molecule has 0 atom stereocenters. The Labute approximate surface area is 86.3 Å². The number of aromatic nitrogens is 4. The van der Waals surface area contributed by atoms with Gasteiger partial charge in [-0.2, -0.15) is 0 Å². The summed E-state index contributed by atoms with van der Waals surface area (Å²) in [5, 5.41) is 0. The van der Waals surface area contributed by atoms with Crippen molar-refractivity contribution >= 4 is 11.2 Å². The van der Waals surface area contributed by atoms with Crippen molar-refractivity contribution in [1.82, 2.24) is 19.9 Å². The molecule has 0 unspecified atom stereocenters. The summed E-state index contributed by atoms with van der Waals surface area (Å²) in [7, 11) is 3.05. The first-order chi connectivity index (χ1) is 7.35. The SMILES string of the molecule is COC(OC)c1ncc2nccnc2n1. The van der Waals surface area contributed by atoms with E-state index in [-0.39, 0.29) is 0 Å². The molecule has 0 aromatic carbocycles. The van der Waals surface area contributed by atoms with Crippen molar-refractivity contribution in [2.24, 2.45) is 0 Å². The molecule has 2 aromatic heterocycles. The fourth-order valence-electron chi connectivity index (χ4n) is 1.20. The van der Waals surface area contributed by atoms with Gasteiger partial charge in [0.05, 0.1) is 6.20 Å². The van der Waals surface area contributed by atoms with E-state index in [1.54, 1.807) is 18.6 Å². The Morgan fingerprint density at radius 2 is 1.80 bits per heavy atom. The molecule has 0 aliphatic carbocycles.